The summed E-state index contributed by atoms with van der Waals surface area (Å²) >= 11 is 0. The summed E-state index contributed by atoms with van der Waals surface area (Å²) in [4.78, 5) is 23.3. The Morgan fingerprint density at radius 3 is 1.17 bits per heavy atom. The number of hydrogen-bond acceptors (Lipinski definition) is 5. The van der Waals surface area contributed by atoms with Crippen LogP contribution < -0.4 is 0 Å². The summed E-state index contributed by atoms with van der Waals surface area (Å²) in [6.07, 6.45) is 0. The van der Waals surface area contributed by atoms with E-state index in [9.17, 15) is 0 Å². The number of aliphatic hydroxyl groups excluding tert-OH is 2. The van der Waals surface area contributed by atoms with Crippen LogP contribution >= 0.6 is 7.94 Å². The van der Waals surface area contributed by atoms with Crippen molar-refractivity contribution in [2.45, 2.75) is 13.8 Å². The first-order valence-corrected chi connectivity index (χ1v) is 5.85. The van der Waals surface area contributed by atoms with E-state index >= 15 is 0 Å². The zero-order valence-corrected chi connectivity index (χ0v) is 8.65. The minimum atomic E-state index is -3.61. The van der Waals surface area contributed by atoms with Crippen molar-refractivity contribution >= 4 is 7.94 Å². The second kappa shape index (κ2) is 5.80. The van der Waals surface area contributed by atoms with Gasteiger partial charge in [0.25, 0.3) is 0 Å². The van der Waals surface area contributed by atoms with Crippen LogP contribution in [0.4, 0.5) is 0 Å². The first kappa shape index (κ1) is 14.7. The fourth-order valence-electron chi connectivity index (χ4n) is 0.0500. The minimum absolute atomic E-state index is 0.0451. The zero-order chi connectivity index (χ0) is 10.4. The van der Waals surface area contributed by atoms with Gasteiger partial charge in [-0.1, -0.05) is 13.8 Å². The Kier molecular flexibility index (Phi) is 7.13. The van der Waals surface area contributed by atoms with Crippen LogP contribution in [0.5, 0.6) is 0 Å². The van der Waals surface area contributed by atoms with Gasteiger partial charge in [-0.2, -0.15) is 0 Å². The molecule has 0 bridgehead atoms. The SMILES string of the molecule is CC(C)(CO)CO.C[PH](O)(O)O. The van der Waals surface area contributed by atoms with Gasteiger partial charge in [-0.25, -0.2) is 0 Å². The van der Waals surface area contributed by atoms with Gasteiger partial charge in [0.05, 0.1) is 13.2 Å². The molecule has 0 aliphatic heterocycles. The normalized spacial score (nSPS) is 13.3. The molecule has 0 saturated carbocycles. The summed E-state index contributed by atoms with van der Waals surface area (Å²) in [5.41, 5.74) is -0.306. The number of aliphatic hydroxyl groups is 2. The summed E-state index contributed by atoms with van der Waals surface area (Å²) in [7, 11) is -3.61. The van der Waals surface area contributed by atoms with Crippen molar-refractivity contribution in [3.8, 4) is 0 Å². The van der Waals surface area contributed by atoms with Crippen molar-refractivity contribution in [1.29, 1.82) is 0 Å². The van der Waals surface area contributed by atoms with E-state index in [1.807, 2.05) is 0 Å². The molecule has 0 amide bonds. The molecule has 6 heteroatoms. The van der Waals surface area contributed by atoms with Crippen molar-refractivity contribution < 1.29 is 24.9 Å². The van der Waals surface area contributed by atoms with Gasteiger partial charge >= 0.3 is 29.3 Å². The van der Waals surface area contributed by atoms with E-state index in [2.05, 4.69) is 0 Å². The van der Waals surface area contributed by atoms with E-state index in [0.717, 1.165) is 6.66 Å². The fourth-order valence-corrected chi connectivity index (χ4v) is 0.0500. The van der Waals surface area contributed by atoms with Gasteiger partial charge in [-0.3, -0.25) is 0 Å². The molecule has 5 nitrogen and oxygen atoms in total. The molecule has 0 saturated heterocycles. The van der Waals surface area contributed by atoms with Gasteiger partial charge in [0.1, 0.15) is 0 Å². The molecule has 0 radical (unpaired) electrons. The Morgan fingerprint density at radius 2 is 1.17 bits per heavy atom. The Bertz CT molecular complexity index is 97.0. The summed E-state index contributed by atoms with van der Waals surface area (Å²) in [5, 5.41) is 16.9. The van der Waals surface area contributed by atoms with Crippen molar-refractivity contribution in [1.82, 2.24) is 0 Å². The van der Waals surface area contributed by atoms with Crippen LogP contribution in [-0.2, 0) is 0 Å². The van der Waals surface area contributed by atoms with E-state index in [-0.39, 0.29) is 18.6 Å². The Hall–Kier alpha value is 0.230. The van der Waals surface area contributed by atoms with E-state index < -0.39 is 7.94 Å². The molecule has 0 aromatic rings. The van der Waals surface area contributed by atoms with Crippen LogP contribution in [0, 0.1) is 5.41 Å². The second-order valence-electron chi connectivity index (χ2n) is 3.45. The average molecular weight is 202 g/mol. The summed E-state index contributed by atoms with van der Waals surface area (Å²) in [6, 6.07) is 0. The molecular weight excluding hydrogens is 183 g/mol. The third-order valence-electron chi connectivity index (χ3n) is 0.856. The fraction of sp³-hybridized carbons (Fsp3) is 1.00. The zero-order valence-electron chi connectivity index (χ0n) is 7.65. The Balaban J connectivity index is 0. The molecule has 0 heterocycles. The predicted octanol–water partition coefficient (Wildman–Crippen LogP) is -0.915. The van der Waals surface area contributed by atoms with Crippen molar-refractivity contribution in [3.05, 3.63) is 0 Å². The average Bonchev–Trinajstić information content (AvgIpc) is 1.85. The van der Waals surface area contributed by atoms with Crippen molar-refractivity contribution in [3.63, 3.8) is 0 Å². The van der Waals surface area contributed by atoms with Crippen LogP contribution in [0.15, 0.2) is 0 Å². The maximum atomic E-state index is 8.43. The Morgan fingerprint density at radius 1 is 1.00 bits per heavy atom. The molecule has 0 aromatic heterocycles. The standard InChI is InChI=1S/C5H12O2.CH7O3P/c1-5(2,3-6)4-7;1-5(2,3)4/h6-7H,3-4H2,1-2H3;2-5H,1H3. The van der Waals surface area contributed by atoms with Gasteiger partial charge in [-0.15, -0.1) is 0 Å². The van der Waals surface area contributed by atoms with E-state index in [4.69, 9.17) is 24.9 Å². The topological polar surface area (TPSA) is 101 Å². The van der Waals surface area contributed by atoms with E-state index in [0.29, 0.717) is 0 Å². The van der Waals surface area contributed by atoms with Crippen LogP contribution in [0.25, 0.3) is 0 Å². The molecule has 0 aromatic carbocycles. The number of rotatable bonds is 2. The number of hydrogen-bond donors (Lipinski definition) is 5. The molecule has 0 atom stereocenters. The van der Waals surface area contributed by atoms with Gasteiger partial charge in [-0.05, 0) is 0 Å². The molecule has 78 valence electrons. The third kappa shape index (κ3) is 22.5. The first-order chi connectivity index (χ1) is 5.12. The molecule has 0 rings (SSSR count). The van der Waals surface area contributed by atoms with Crippen LogP contribution in [0.1, 0.15) is 13.8 Å². The first-order valence-electron chi connectivity index (χ1n) is 3.51. The van der Waals surface area contributed by atoms with Crippen molar-refractivity contribution in [2.75, 3.05) is 19.9 Å². The molecule has 0 spiro atoms. The third-order valence-corrected chi connectivity index (χ3v) is 0.856. The van der Waals surface area contributed by atoms with Gasteiger partial charge in [0, 0.05) is 5.41 Å². The van der Waals surface area contributed by atoms with Crippen LogP contribution in [0.3, 0.4) is 0 Å². The van der Waals surface area contributed by atoms with Crippen LogP contribution in [-0.4, -0.2) is 44.8 Å². The maximum absolute atomic E-state index is 8.43. The van der Waals surface area contributed by atoms with E-state index in [1.54, 1.807) is 13.8 Å². The molecule has 0 aliphatic carbocycles. The van der Waals surface area contributed by atoms with Gasteiger partial charge in [0.15, 0.2) is 0 Å². The molecular formula is C6H19O5P. The van der Waals surface area contributed by atoms with Crippen molar-refractivity contribution in [2.24, 2.45) is 5.41 Å². The summed E-state index contributed by atoms with van der Waals surface area (Å²) < 4.78 is 0. The predicted molar refractivity (Wildman–Crippen MR) is 48.8 cm³/mol. The summed E-state index contributed by atoms with van der Waals surface area (Å²) in [5.74, 6) is 0. The van der Waals surface area contributed by atoms with Gasteiger partial charge in [0.2, 0.25) is 0 Å². The quantitative estimate of drug-likeness (QED) is 0.373. The monoisotopic (exact) mass is 202 g/mol. The molecule has 0 unspecified atom stereocenters. The molecule has 0 aliphatic rings. The second-order valence-corrected chi connectivity index (χ2v) is 5.39. The molecule has 5 N–H and O–H groups in total. The van der Waals surface area contributed by atoms with Crippen LogP contribution in [0.2, 0.25) is 0 Å². The molecule has 12 heavy (non-hydrogen) atoms. The van der Waals surface area contributed by atoms with E-state index in [1.165, 1.54) is 0 Å². The summed E-state index contributed by atoms with van der Waals surface area (Å²) in [6.45, 7) is 4.68. The van der Waals surface area contributed by atoms with Gasteiger partial charge < -0.3 is 10.2 Å². The Labute approximate surface area is 72.9 Å². The molecule has 0 fully saturated rings.